The number of nitrogens with zero attached hydrogens (tertiary/aromatic N) is 2. The molecule has 0 unspecified atom stereocenters. The van der Waals surface area contributed by atoms with Crippen LogP contribution < -0.4 is 14.2 Å². The Kier molecular flexibility index (Phi) is 13.0. The van der Waals surface area contributed by atoms with Gasteiger partial charge in [-0.2, -0.15) is 26.3 Å². The minimum atomic E-state index is -5.03. The predicted molar refractivity (Wildman–Crippen MR) is 189 cm³/mol. The summed E-state index contributed by atoms with van der Waals surface area (Å²) in [4.78, 5) is 28.3. The van der Waals surface area contributed by atoms with Crippen molar-refractivity contribution in [1.82, 2.24) is 9.80 Å². The Labute approximate surface area is 310 Å². The molecule has 2 heterocycles. The summed E-state index contributed by atoms with van der Waals surface area (Å²) in [6.45, 7) is 3.57. The third kappa shape index (κ3) is 10.6. The number of halogens is 6. The lowest BCUT2D eigenvalue weighted by Gasteiger charge is -2.26. The van der Waals surface area contributed by atoms with Crippen molar-refractivity contribution < 1.29 is 60.0 Å². The summed E-state index contributed by atoms with van der Waals surface area (Å²) in [5, 5.41) is 9.11. The van der Waals surface area contributed by atoms with Crippen molar-refractivity contribution in [1.29, 1.82) is 0 Å². The molecule has 0 spiro atoms. The maximum Gasteiger partial charge on any atom is 0.416 e. The first kappa shape index (κ1) is 39.9. The van der Waals surface area contributed by atoms with Crippen LogP contribution in [-0.2, 0) is 33.1 Å². The van der Waals surface area contributed by atoms with Gasteiger partial charge < -0.3 is 24.1 Å². The fourth-order valence-electron chi connectivity index (χ4n) is 5.56. The number of hydrogen-bond acceptors (Lipinski definition) is 9. The van der Waals surface area contributed by atoms with E-state index in [0.717, 1.165) is 11.8 Å². The first-order chi connectivity index (χ1) is 25.1. The molecule has 0 aromatic heterocycles. The smallest absolute Gasteiger partial charge is 0.416 e. The second-order valence-corrected chi connectivity index (χ2v) is 13.6. The van der Waals surface area contributed by atoms with Crippen LogP contribution >= 0.6 is 24.0 Å². The van der Waals surface area contributed by atoms with Crippen LogP contribution in [0, 0.1) is 0 Å². The molecule has 5 rings (SSSR count). The number of carboxylic acid groups (broad SMARTS) is 1. The number of thioether (sulfide) groups is 1. The fraction of sp³-hybridized carbons (Fsp3) is 0.361. The van der Waals surface area contributed by atoms with Gasteiger partial charge in [0.1, 0.15) is 16.7 Å². The van der Waals surface area contributed by atoms with E-state index in [1.54, 1.807) is 18.2 Å². The highest BCUT2D eigenvalue weighted by atomic mass is 32.2. The number of aliphatic carboxylic acids is 1. The van der Waals surface area contributed by atoms with E-state index in [1.807, 2.05) is 0 Å². The van der Waals surface area contributed by atoms with Gasteiger partial charge in [0.05, 0.1) is 49.4 Å². The largest absolute Gasteiger partial charge is 0.493 e. The summed E-state index contributed by atoms with van der Waals surface area (Å²) in [6, 6.07) is 10.3. The molecule has 3 aromatic rings. The van der Waals surface area contributed by atoms with E-state index in [4.69, 9.17) is 36.3 Å². The average Bonchev–Trinajstić information content (AvgIpc) is 3.37. The van der Waals surface area contributed by atoms with E-state index < -0.39 is 35.4 Å². The zero-order valence-corrected chi connectivity index (χ0v) is 29.9. The summed E-state index contributed by atoms with van der Waals surface area (Å²) in [5.41, 5.74) is -2.41. The molecule has 2 aliphatic heterocycles. The van der Waals surface area contributed by atoms with Crippen molar-refractivity contribution in [2.75, 3.05) is 59.7 Å². The van der Waals surface area contributed by atoms with Crippen molar-refractivity contribution in [2.45, 2.75) is 25.2 Å². The van der Waals surface area contributed by atoms with Crippen LogP contribution in [0.1, 0.15) is 28.7 Å². The molecule has 1 amide bonds. The van der Waals surface area contributed by atoms with Crippen LogP contribution in [0.5, 0.6) is 17.2 Å². The summed E-state index contributed by atoms with van der Waals surface area (Å²) in [6.07, 6.45) is -8.48. The first-order valence-electron chi connectivity index (χ1n) is 16.3. The molecule has 0 radical (unpaired) electrons. The zero-order valence-electron chi connectivity index (χ0n) is 28.2. The molecule has 0 atom stereocenters. The highest BCUT2D eigenvalue weighted by Crippen LogP contribution is 2.41. The number of rotatable bonds is 14. The number of carboxylic acids is 1. The standard InChI is InChI=1S/C36H34F6N2O7S2/c1-48-29-5-3-22(16-32(45)46)15-30(29)50-11-2-7-44-33(47)31(53-34(44)52)20-25-17-23(4-6-28(25)51-14-10-43-8-12-49-13-9-43)24-18-26(35(37,38)39)21-27(19-24)36(40,41)42/h3-6,15,17-21H,2,7-14,16H2,1H3,(H,45,46)/b31-20-. The lowest BCUT2D eigenvalue weighted by atomic mass is 9.97. The van der Waals surface area contributed by atoms with E-state index in [1.165, 1.54) is 36.3 Å². The van der Waals surface area contributed by atoms with Crippen molar-refractivity contribution in [3.8, 4) is 28.4 Å². The maximum absolute atomic E-state index is 13.7. The van der Waals surface area contributed by atoms with Gasteiger partial charge in [-0.25, -0.2) is 0 Å². The van der Waals surface area contributed by atoms with Gasteiger partial charge in [0.15, 0.2) is 11.5 Å². The number of morpholine rings is 1. The van der Waals surface area contributed by atoms with E-state index in [0.29, 0.717) is 68.5 Å². The zero-order chi connectivity index (χ0) is 38.3. The summed E-state index contributed by atoms with van der Waals surface area (Å²) < 4.78 is 105. The van der Waals surface area contributed by atoms with Crippen LogP contribution in [-0.4, -0.2) is 90.8 Å². The SMILES string of the molecule is COc1ccc(CC(=O)O)cc1OCCCN1C(=O)/C(=C/c2cc(-c3cc(C(F)(F)F)cc(C(F)(F)F)c3)ccc2OCCN2CCOCC2)SC1=S. The Morgan fingerprint density at radius 1 is 0.887 bits per heavy atom. The summed E-state index contributed by atoms with van der Waals surface area (Å²) in [7, 11) is 1.45. The van der Waals surface area contributed by atoms with Crippen LogP contribution in [0.4, 0.5) is 26.3 Å². The topological polar surface area (TPSA) is 97.8 Å². The molecule has 2 saturated heterocycles. The Morgan fingerprint density at radius 3 is 2.19 bits per heavy atom. The normalized spacial score (nSPS) is 16.4. The Morgan fingerprint density at radius 2 is 1.55 bits per heavy atom. The van der Waals surface area contributed by atoms with Gasteiger partial charge in [-0.3, -0.25) is 19.4 Å². The molecule has 53 heavy (non-hydrogen) atoms. The van der Waals surface area contributed by atoms with Crippen molar-refractivity contribution >= 4 is 46.3 Å². The highest BCUT2D eigenvalue weighted by molar-refractivity contribution is 8.26. The number of amides is 1. The van der Waals surface area contributed by atoms with E-state index in [2.05, 4.69) is 4.90 Å². The number of benzene rings is 3. The first-order valence-corrected chi connectivity index (χ1v) is 17.5. The molecule has 9 nitrogen and oxygen atoms in total. The van der Waals surface area contributed by atoms with Crippen LogP contribution in [0.15, 0.2) is 59.5 Å². The highest BCUT2D eigenvalue weighted by Gasteiger charge is 2.37. The van der Waals surface area contributed by atoms with E-state index in [-0.39, 0.29) is 63.9 Å². The molecule has 17 heteroatoms. The molecule has 0 bridgehead atoms. The monoisotopic (exact) mass is 784 g/mol. The van der Waals surface area contributed by atoms with Gasteiger partial charge in [-0.15, -0.1) is 0 Å². The Hall–Kier alpha value is -4.32. The molecular formula is C36H34F6N2O7S2. The predicted octanol–water partition coefficient (Wildman–Crippen LogP) is 7.41. The van der Waals surface area contributed by atoms with E-state index >= 15 is 0 Å². The van der Waals surface area contributed by atoms with Gasteiger partial charge in [0, 0.05) is 31.7 Å². The molecule has 3 aromatic carbocycles. The second kappa shape index (κ2) is 17.2. The van der Waals surface area contributed by atoms with Gasteiger partial charge in [0.25, 0.3) is 5.91 Å². The van der Waals surface area contributed by atoms with Crippen LogP contribution in [0.3, 0.4) is 0 Å². The molecule has 1 N–H and O–H groups in total. The number of methoxy groups -OCH3 is 1. The maximum atomic E-state index is 13.7. The Bertz CT molecular complexity index is 1830. The average molecular weight is 785 g/mol. The molecular weight excluding hydrogens is 751 g/mol. The quantitative estimate of drug-likeness (QED) is 0.0771. The molecule has 2 fully saturated rings. The van der Waals surface area contributed by atoms with Crippen molar-refractivity contribution in [3.63, 3.8) is 0 Å². The lowest BCUT2D eigenvalue weighted by Crippen LogP contribution is -2.38. The number of carbonyl (C=O) groups is 2. The Balaban J connectivity index is 1.37. The van der Waals surface area contributed by atoms with E-state index in [9.17, 15) is 35.9 Å². The number of hydrogen-bond donors (Lipinski definition) is 1. The number of thiocarbonyl (C=S) groups is 1. The summed E-state index contributed by atoms with van der Waals surface area (Å²) >= 11 is 6.47. The number of ether oxygens (including phenoxy) is 4. The van der Waals surface area contributed by atoms with Gasteiger partial charge in [0.2, 0.25) is 0 Å². The molecule has 284 valence electrons. The second-order valence-electron chi connectivity index (χ2n) is 11.9. The molecule has 0 saturated carbocycles. The van der Waals surface area contributed by atoms with Gasteiger partial charge in [-0.05, 0) is 71.7 Å². The van der Waals surface area contributed by atoms with Crippen LogP contribution in [0.25, 0.3) is 17.2 Å². The fourth-order valence-corrected chi connectivity index (χ4v) is 6.86. The third-order valence-corrected chi connectivity index (χ3v) is 9.60. The minimum Gasteiger partial charge on any atom is -0.493 e. The van der Waals surface area contributed by atoms with Crippen molar-refractivity contribution in [2.24, 2.45) is 0 Å². The molecule has 2 aliphatic rings. The number of carbonyl (C=O) groups excluding carboxylic acids is 1. The summed E-state index contributed by atoms with van der Waals surface area (Å²) in [5.74, 6) is -0.460. The van der Waals surface area contributed by atoms with Gasteiger partial charge in [-0.1, -0.05) is 36.1 Å². The van der Waals surface area contributed by atoms with Crippen molar-refractivity contribution in [3.05, 3.63) is 81.8 Å². The van der Waals surface area contributed by atoms with Crippen LogP contribution in [0.2, 0.25) is 0 Å². The number of alkyl halides is 6. The van der Waals surface area contributed by atoms with Gasteiger partial charge >= 0.3 is 18.3 Å². The lowest BCUT2D eigenvalue weighted by molar-refractivity contribution is -0.143. The minimum absolute atomic E-state index is 0.0452. The third-order valence-electron chi connectivity index (χ3n) is 8.23. The molecule has 0 aliphatic carbocycles.